The molecule has 1 aromatic carbocycles. The number of phenols is 1. The first-order valence-corrected chi connectivity index (χ1v) is 11.9. The highest BCUT2D eigenvalue weighted by Crippen LogP contribution is 2.39. The van der Waals surface area contributed by atoms with Gasteiger partial charge in [0.25, 0.3) is 5.91 Å². The molecule has 1 amide bonds. The van der Waals surface area contributed by atoms with Crippen LogP contribution in [0.3, 0.4) is 0 Å². The van der Waals surface area contributed by atoms with Gasteiger partial charge in [0.2, 0.25) is 0 Å². The molecule has 2 aromatic heterocycles. The summed E-state index contributed by atoms with van der Waals surface area (Å²) in [5.74, 6) is 0.759. The molecule has 0 aliphatic carbocycles. The standard InChI is InChI=1S/C25H28FN5O3/c1-29-15-4-6-18(29)24(26)19(12-15)30(2)23-7-5-17(27-28-23)16-13-21-14(10-20(16)32)11-22(34-21)25(33)31-8-3-9-31/h5,7,10-11,13,15,18-19,24,32H,3-4,6,8-9,12H2,1-2H3/t15?,18?,19-,24+/m1/s1. The fraction of sp³-hybridized carbons (Fsp3) is 0.480. The van der Waals surface area contributed by atoms with E-state index >= 15 is 4.39 Å². The molecule has 3 aliphatic heterocycles. The van der Waals surface area contributed by atoms with Crippen LogP contribution in [0.1, 0.15) is 36.2 Å². The lowest BCUT2D eigenvalue weighted by Gasteiger charge is -2.43. The Labute approximate surface area is 196 Å². The van der Waals surface area contributed by atoms with E-state index in [4.69, 9.17) is 4.42 Å². The number of amides is 1. The number of anilines is 1. The van der Waals surface area contributed by atoms with Crippen LogP contribution in [-0.4, -0.2) is 82.5 Å². The van der Waals surface area contributed by atoms with E-state index in [1.807, 2.05) is 19.0 Å². The number of carbonyl (C=O) groups excluding carboxylic acids is 1. The van der Waals surface area contributed by atoms with Crippen LogP contribution in [0, 0.1) is 0 Å². The Kier molecular flexibility index (Phi) is 4.98. The minimum atomic E-state index is -0.936. The molecule has 8 nitrogen and oxygen atoms in total. The molecule has 9 heteroatoms. The number of alkyl halides is 1. The van der Waals surface area contributed by atoms with E-state index in [1.54, 1.807) is 35.2 Å². The van der Waals surface area contributed by atoms with Crippen molar-refractivity contribution >= 4 is 22.7 Å². The number of nitrogens with zero attached hydrogens (tertiary/aromatic N) is 5. The van der Waals surface area contributed by atoms with Gasteiger partial charge in [-0.15, -0.1) is 10.2 Å². The lowest BCUT2D eigenvalue weighted by molar-refractivity contribution is 0.0621. The third-order valence-electron chi connectivity index (χ3n) is 7.92. The molecule has 3 aliphatic rings. The van der Waals surface area contributed by atoms with Gasteiger partial charge in [-0.2, -0.15) is 0 Å². The first-order valence-electron chi connectivity index (χ1n) is 11.9. The minimum Gasteiger partial charge on any atom is -0.507 e. The second-order valence-electron chi connectivity index (χ2n) is 9.76. The molecule has 0 saturated carbocycles. The number of phenolic OH excluding ortho intramolecular Hbond substituents is 1. The molecule has 3 aromatic rings. The number of carbonyl (C=O) groups is 1. The number of likely N-dealkylation sites (tertiary alicyclic amines) is 1. The predicted molar refractivity (Wildman–Crippen MR) is 126 cm³/mol. The van der Waals surface area contributed by atoms with Crippen molar-refractivity contribution in [2.24, 2.45) is 0 Å². The number of hydrogen-bond donors (Lipinski definition) is 1. The van der Waals surface area contributed by atoms with Crippen LogP contribution in [0.15, 0.2) is 34.7 Å². The maximum absolute atomic E-state index is 15.2. The van der Waals surface area contributed by atoms with Crippen molar-refractivity contribution in [2.45, 2.75) is 50.0 Å². The summed E-state index contributed by atoms with van der Waals surface area (Å²) in [6.45, 7) is 1.48. The zero-order chi connectivity index (χ0) is 23.6. The molecule has 2 bridgehead atoms. The Morgan fingerprint density at radius 3 is 2.74 bits per heavy atom. The quantitative estimate of drug-likeness (QED) is 0.632. The monoisotopic (exact) mass is 465 g/mol. The fourth-order valence-electron chi connectivity index (χ4n) is 5.63. The molecule has 34 heavy (non-hydrogen) atoms. The van der Waals surface area contributed by atoms with Crippen molar-refractivity contribution in [2.75, 3.05) is 32.1 Å². The Morgan fingerprint density at radius 2 is 2.03 bits per heavy atom. The number of piperidine rings is 1. The zero-order valence-electron chi connectivity index (χ0n) is 19.3. The average Bonchev–Trinajstić information content (AvgIpc) is 3.32. The highest BCUT2D eigenvalue weighted by atomic mass is 19.1. The van der Waals surface area contributed by atoms with Crippen LogP contribution in [0.25, 0.3) is 22.2 Å². The smallest absolute Gasteiger partial charge is 0.289 e. The molecule has 1 N–H and O–H groups in total. The number of furan rings is 1. The van der Waals surface area contributed by atoms with Crippen LogP contribution < -0.4 is 4.90 Å². The van der Waals surface area contributed by atoms with E-state index in [2.05, 4.69) is 15.1 Å². The molecule has 3 saturated heterocycles. The van der Waals surface area contributed by atoms with Gasteiger partial charge in [0.15, 0.2) is 11.6 Å². The van der Waals surface area contributed by atoms with E-state index in [0.29, 0.717) is 34.1 Å². The van der Waals surface area contributed by atoms with Crippen LogP contribution in [0.4, 0.5) is 10.2 Å². The Hall–Kier alpha value is -3.20. The highest BCUT2D eigenvalue weighted by Gasteiger charge is 2.47. The van der Waals surface area contributed by atoms with Crippen LogP contribution in [-0.2, 0) is 0 Å². The minimum absolute atomic E-state index is 0.0300. The van der Waals surface area contributed by atoms with Gasteiger partial charge >= 0.3 is 0 Å². The molecule has 178 valence electrons. The molecule has 5 heterocycles. The topological polar surface area (TPSA) is 85.9 Å². The van der Waals surface area contributed by atoms with Gasteiger partial charge in [-0.1, -0.05) is 0 Å². The Bertz CT molecular complexity index is 1240. The Balaban J connectivity index is 1.24. The lowest BCUT2D eigenvalue weighted by Crippen LogP contribution is -2.56. The number of rotatable bonds is 4. The number of aromatic nitrogens is 2. The summed E-state index contributed by atoms with van der Waals surface area (Å²) < 4.78 is 21.0. The highest BCUT2D eigenvalue weighted by molar-refractivity contribution is 5.97. The zero-order valence-corrected chi connectivity index (χ0v) is 19.3. The summed E-state index contributed by atoms with van der Waals surface area (Å²) in [6, 6.07) is 8.63. The number of hydrogen-bond acceptors (Lipinski definition) is 7. The van der Waals surface area contributed by atoms with Crippen LogP contribution >= 0.6 is 0 Å². The van der Waals surface area contributed by atoms with Gasteiger partial charge in [0.1, 0.15) is 17.5 Å². The summed E-state index contributed by atoms with van der Waals surface area (Å²) in [4.78, 5) is 18.3. The predicted octanol–water partition coefficient (Wildman–Crippen LogP) is 3.45. The maximum Gasteiger partial charge on any atom is 0.289 e. The van der Waals surface area contributed by atoms with Gasteiger partial charge in [-0.05, 0) is 63.1 Å². The van der Waals surface area contributed by atoms with Crippen LogP contribution in [0.2, 0.25) is 0 Å². The van der Waals surface area contributed by atoms with Gasteiger partial charge in [-0.25, -0.2) is 4.39 Å². The van der Waals surface area contributed by atoms with E-state index in [-0.39, 0.29) is 29.5 Å². The van der Waals surface area contributed by atoms with E-state index in [1.165, 1.54) is 0 Å². The first kappa shape index (κ1) is 21.3. The lowest BCUT2D eigenvalue weighted by atomic mass is 9.95. The normalized spacial score (nSPS) is 26.6. The maximum atomic E-state index is 15.2. The summed E-state index contributed by atoms with van der Waals surface area (Å²) >= 11 is 0. The van der Waals surface area contributed by atoms with Crippen molar-refractivity contribution in [1.29, 1.82) is 0 Å². The summed E-state index contributed by atoms with van der Waals surface area (Å²) in [6.07, 6.45) is 2.77. The molecular formula is C25H28FN5O3. The van der Waals surface area contributed by atoms with Crippen molar-refractivity contribution in [1.82, 2.24) is 20.0 Å². The molecular weight excluding hydrogens is 437 g/mol. The van der Waals surface area contributed by atoms with Gasteiger partial charge < -0.3 is 19.3 Å². The molecule has 3 fully saturated rings. The first-order chi connectivity index (χ1) is 16.4. The summed E-state index contributed by atoms with van der Waals surface area (Å²) in [5, 5.41) is 19.9. The van der Waals surface area contributed by atoms with Crippen molar-refractivity contribution in [3.63, 3.8) is 0 Å². The average molecular weight is 466 g/mol. The molecule has 4 atom stereocenters. The second kappa shape index (κ2) is 7.94. The molecule has 6 rings (SSSR count). The number of fused-ring (bicyclic) bond motifs is 3. The summed E-state index contributed by atoms with van der Waals surface area (Å²) in [5.41, 5.74) is 1.44. The number of benzene rings is 1. The molecule has 0 spiro atoms. The van der Waals surface area contributed by atoms with E-state index in [0.717, 1.165) is 38.8 Å². The van der Waals surface area contributed by atoms with Crippen molar-refractivity contribution < 1.29 is 18.7 Å². The number of halogens is 1. The molecule has 2 unspecified atom stereocenters. The third kappa shape index (κ3) is 3.33. The van der Waals surface area contributed by atoms with Gasteiger partial charge in [0, 0.05) is 43.2 Å². The van der Waals surface area contributed by atoms with E-state index in [9.17, 15) is 9.90 Å². The van der Waals surface area contributed by atoms with Crippen LogP contribution in [0.5, 0.6) is 5.75 Å². The molecule has 0 radical (unpaired) electrons. The fourth-order valence-corrected chi connectivity index (χ4v) is 5.63. The number of aromatic hydroxyl groups is 1. The second-order valence-corrected chi connectivity index (χ2v) is 9.76. The SMILES string of the molecule is CN1C2CCC1[C@H](F)[C@H](N(C)c1ccc(-c3cc4oc(C(=O)N5CCC5)cc4cc3O)nn1)C2. The largest absolute Gasteiger partial charge is 0.507 e. The Morgan fingerprint density at radius 1 is 1.21 bits per heavy atom. The van der Waals surface area contributed by atoms with Gasteiger partial charge in [0.05, 0.1) is 11.7 Å². The van der Waals surface area contributed by atoms with Crippen molar-refractivity contribution in [3.05, 3.63) is 36.1 Å². The van der Waals surface area contributed by atoms with Gasteiger partial charge in [-0.3, -0.25) is 9.69 Å². The van der Waals surface area contributed by atoms with Crippen molar-refractivity contribution in [3.8, 4) is 17.0 Å². The van der Waals surface area contributed by atoms with E-state index < -0.39 is 6.17 Å². The summed E-state index contributed by atoms with van der Waals surface area (Å²) in [7, 11) is 3.89. The third-order valence-corrected chi connectivity index (χ3v) is 7.92.